The number of aromatic nitrogens is 1. The third-order valence-electron chi connectivity index (χ3n) is 2.97. The fourth-order valence-corrected chi connectivity index (χ4v) is 2.39. The molecule has 8 nitrogen and oxygen atoms in total. The van der Waals surface area contributed by atoms with Gasteiger partial charge in [0.05, 0.1) is 6.54 Å². The molecule has 0 aliphatic carbocycles. The van der Waals surface area contributed by atoms with Gasteiger partial charge in [-0.2, -0.15) is 0 Å². The molecule has 1 aliphatic rings. The molecule has 0 saturated carbocycles. The first-order valence-electron chi connectivity index (χ1n) is 6.30. The molecule has 2 N–H and O–H groups in total. The Balaban J connectivity index is 1.75. The van der Waals surface area contributed by atoms with Crippen LogP contribution < -0.4 is 10.9 Å². The minimum Gasteiger partial charge on any atom is -0.448 e. The van der Waals surface area contributed by atoms with E-state index >= 15 is 0 Å². The van der Waals surface area contributed by atoms with E-state index < -0.39 is 12.0 Å². The summed E-state index contributed by atoms with van der Waals surface area (Å²) in [5, 5.41) is 0. The van der Waals surface area contributed by atoms with Crippen molar-refractivity contribution in [3.05, 3.63) is 22.4 Å². The van der Waals surface area contributed by atoms with Crippen molar-refractivity contribution in [2.75, 3.05) is 19.7 Å². The lowest BCUT2D eigenvalue weighted by Gasteiger charge is -2.12. The number of amides is 3. The minimum absolute atomic E-state index is 0.0895. The fourth-order valence-electron chi connectivity index (χ4n) is 1.87. The average molecular weight is 359 g/mol. The van der Waals surface area contributed by atoms with Gasteiger partial charge in [-0.25, -0.2) is 4.79 Å². The summed E-state index contributed by atoms with van der Waals surface area (Å²) in [5.74, 6) is -0.798. The molecule has 114 valence electrons. The summed E-state index contributed by atoms with van der Waals surface area (Å²) >= 11 is 3.26. The number of nitrogens with zero attached hydrogens (tertiary/aromatic N) is 2. The van der Waals surface area contributed by atoms with Crippen molar-refractivity contribution in [3.63, 3.8) is 0 Å². The third kappa shape index (κ3) is 3.97. The van der Waals surface area contributed by atoms with Gasteiger partial charge in [0.2, 0.25) is 5.91 Å². The van der Waals surface area contributed by atoms with Gasteiger partial charge < -0.3 is 14.2 Å². The molecule has 0 unspecified atom stereocenters. The molecular formula is C12H15BrN4O4. The molecule has 9 heteroatoms. The zero-order valence-electron chi connectivity index (χ0n) is 11.4. The Labute approximate surface area is 129 Å². The number of halogens is 1. The molecule has 2 heterocycles. The molecule has 1 aliphatic heterocycles. The van der Waals surface area contributed by atoms with Crippen LogP contribution in [0.3, 0.4) is 0 Å². The molecule has 0 atom stereocenters. The summed E-state index contributed by atoms with van der Waals surface area (Å²) in [5.41, 5.74) is 5.04. The summed E-state index contributed by atoms with van der Waals surface area (Å²) in [6, 6.07) is 1.64. The van der Waals surface area contributed by atoms with Crippen LogP contribution in [0, 0.1) is 0 Å². The van der Waals surface area contributed by atoms with Crippen LogP contribution in [0.5, 0.6) is 0 Å². The lowest BCUT2D eigenvalue weighted by Crippen LogP contribution is -2.43. The highest BCUT2D eigenvalue weighted by atomic mass is 79.9. The highest BCUT2D eigenvalue weighted by molar-refractivity contribution is 9.10. The molecule has 1 saturated heterocycles. The lowest BCUT2D eigenvalue weighted by atomic mass is 10.4. The fraction of sp³-hybridized carbons (Fsp3) is 0.417. The third-order valence-corrected chi connectivity index (χ3v) is 3.41. The van der Waals surface area contributed by atoms with E-state index in [4.69, 9.17) is 4.74 Å². The van der Waals surface area contributed by atoms with E-state index in [1.54, 1.807) is 23.9 Å². The first kappa shape index (κ1) is 15.4. The number of hydrazine groups is 1. The van der Waals surface area contributed by atoms with Crippen molar-refractivity contribution >= 4 is 33.8 Å². The summed E-state index contributed by atoms with van der Waals surface area (Å²) in [6.45, 7) is 1.09. The lowest BCUT2D eigenvalue weighted by molar-refractivity contribution is -0.122. The van der Waals surface area contributed by atoms with Crippen LogP contribution >= 0.6 is 15.9 Å². The predicted octanol–water partition coefficient (Wildman–Crippen LogP) is 0.391. The second-order valence-electron chi connectivity index (χ2n) is 4.51. The Morgan fingerprint density at radius 1 is 1.43 bits per heavy atom. The van der Waals surface area contributed by atoms with Gasteiger partial charge in [0.15, 0.2) is 0 Å². The van der Waals surface area contributed by atoms with E-state index in [-0.39, 0.29) is 18.9 Å². The first-order valence-corrected chi connectivity index (χ1v) is 7.09. The van der Waals surface area contributed by atoms with Crippen LogP contribution in [0.25, 0.3) is 0 Å². The van der Waals surface area contributed by atoms with Gasteiger partial charge >= 0.3 is 6.09 Å². The number of rotatable bonds is 4. The Morgan fingerprint density at radius 2 is 2.19 bits per heavy atom. The highest BCUT2D eigenvalue weighted by Crippen LogP contribution is 2.13. The number of carbonyl (C=O) groups excluding carboxylic acids is 3. The molecule has 0 bridgehead atoms. The number of carbonyl (C=O) groups is 3. The Morgan fingerprint density at radius 3 is 2.76 bits per heavy atom. The maximum atomic E-state index is 11.8. The van der Waals surface area contributed by atoms with Gasteiger partial charge in [0.1, 0.15) is 12.3 Å². The number of aryl methyl sites for hydroxylation is 1. The quantitative estimate of drug-likeness (QED) is 0.761. The largest absolute Gasteiger partial charge is 0.448 e. The molecule has 0 radical (unpaired) electrons. The molecule has 1 aromatic heterocycles. The van der Waals surface area contributed by atoms with E-state index in [1.165, 1.54) is 4.90 Å². The van der Waals surface area contributed by atoms with Crippen molar-refractivity contribution in [1.29, 1.82) is 0 Å². The Bertz CT molecular complexity index is 572. The molecule has 2 rings (SSSR count). The normalized spacial score (nSPS) is 14.0. The van der Waals surface area contributed by atoms with E-state index in [1.807, 2.05) is 0 Å². The van der Waals surface area contributed by atoms with Crippen LogP contribution in [-0.4, -0.2) is 47.1 Å². The SMILES string of the molecule is Cn1cc(Br)cc1C(=O)NNC(=O)CCN1CCOC1=O. The second-order valence-corrected chi connectivity index (χ2v) is 5.42. The van der Waals surface area contributed by atoms with Gasteiger partial charge in [0.25, 0.3) is 5.91 Å². The number of nitrogens with one attached hydrogen (secondary N) is 2. The van der Waals surface area contributed by atoms with Crippen molar-refractivity contribution < 1.29 is 19.1 Å². The minimum atomic E-state index is -0.419. The van der Waals surface area contributed by atoms with E-state index in [0.29, 0.717) is 18.8 Å². The summed E-state index contributed by atoms with van der Waals surface area (Å²) < 4.78 is 7.15. The summed E-state index contributed by atoms with van der Waals surface area (Å²) in [4.78, 5) is 36.1. The molecule has 21 heavy (non-hydrogen) atoms. The smallest absolute Gasteiger partial charge is 0.409 e. The summed E-state index contributed by atoms with van der Waals surface area (Å²) in [6.07, 6.45) is 1.41. The molecule has 1 aromatic rings. The standard InChI is InChI=1S/C12H15BrN4O4/c1-16-7-8(13)6-9(16)11(19)15-14-10(18)2-3-17-4-5-21-12(17)20/h6-7H,2-5H2,1H3,(H,14,18)(H,15,19). The maximum Gasteiger partial charge on any atom is 0.409 e. The van der Waals surface area contributed by atoms with Crippen LogP contribution in [0.15, 0.2) is 16.7 Å². The van der Waals surface area contributed by atoms with Crippen LogP contribution in [0.4, 0.5) is 4.79 Å². The van der Waals surface area contributed by atoms with Crippen LogP contribution in [0.2, 0.25) is 0 Å². The van der Waals surface area contributed by atoms with E-state index in [9.17, 15) is 14.4 Å². The number of cyclic esters (lactones) is 1. The Kier molecular flexibility index (Phi) is 4.84. The van der Waals surface area contributed by atoms with Crippen LogP contribution in [-0.2, 0) is 16.6 Å². The van der Waals surface area contributed by atoms with Crippen molar-refractivity contribution in [2.45, 2.75) is 6.42 Å². The molecule has 1 fully saturated rings. The van der Waals surface area contributed by atoms with Gasteiger partial charge in [-0.3, -0.25) is 20.4 Å². The number of hydrogen-bond donors (Lipinski definition) is 2. The van der Waals surface area contributed by atoms with Crippen molar-refractivity contribution in [3.8, 4) is 0 Å². The monoisotopic (exact) mass is 358 g/mol. The number of hydrogen-bond acceptors (Lipinski definition) is 4. The molecular weight excluding hydrogens is 344 g/mol. The molecule has 3 amide bonds. The van der Waals surface area contributed by atoms with Gasteiger partial charge in [0, 0.05) is 30.7 Å². The Hall–Kier alpha value is -2.03. The van der Waals surface area contributed by atoms with Crippen molar-refractivity contribution in [2.24, 2.45) is 7.05 Å². The van der Waals surface area contributed by atoms with E-state index in [0.717, 1.165) is 4.47 Å². The van der Waals surface area contributed by atoms with E-state index in [2.05, 4.69) is 26.8 Å². The molecule has 0 aromatic carbocycles. The van der Waals surface area contributed by atoms with Gasteiger partial charge in [-0.05, 0) is 22.0 Å². The van der Waals surface area contributed by atoms with Gasteiger partial charge in [-0.15, -0.1) is 0 Å². The zero-order chi connectivity index (χ0) is 15.4. The van der Waals surface area contributed by atoms with Crippen LogP contribution in [0.1, 0.15) is 16.9 Å². The first-order chi connectivity index (χ1) is 9.97. The summed E-state index contributed by atoms with van der Waals surface area (Å²) in [7, 11) is 1.72. The van der Waals surface area contributed by atoms with Crippen molar-refractivity contribution in [1.82, 2.24) is 20.3 Å². The average Bonchev–Trinajstić information content (AvgIpc) is 2.99. The second kappa shape index (κ2) is 6.61. The topological polar surface area (TPSA) is 92.7 Å². The number of ether oxygens (including phenoxy) is 1. The predicted molar refractivity (Wildman–Crippen MR) is 76.3 cm³/mol. The molecule has 0 spiro atoms. The highest BCUT2D eigenvalue weighted by Gasteiger charge is 2.22. The van der Waals surface area contributed by atoms with Gasteiger partial charge in [-0.1, -0.05) is 0 Å². The zero-order valence-corrected chi connectivity index (χ0v) is 13.0. The maximum absolute atomic E-state index is 11.8.